The summed E-state index contributed by atoms with van der Waals surface area (Å²) in [4.78, 5) is 8.88. The van der Waals surface area contributed by atoms with Gasteiger partial charge < -0.3 is 9.47 Å². The quantitative estimate of drug-likeness (QED) is 0.382. The van der Waals surface area contributed by atoms with Crippen LogP contribution in [0.15, 0.2) is 36.7 Å². The fraction of sp³-hybridized carbons (Fsp3) is 0.545. The van der Waals surface area contributed by atoms with Crippen molar-refractivity contribution in [3.63, 3.8) is 0 Å². The van der Waals surface area contributed by atoms with Gasteiger partial charge in [-0.3, -0.25) is 0 Å². The van der Waals surface area contributed by atoms with Crippen LogP contribution in [0.2, 0.25) is 0 Å². The van der Waals surface area contributed by atoms with Crippen LogP contribution in [-0.2, 0) is 4.74 Å². The third kappa shape index (κ3) is 5.28. The largest absolute Gasteiger partial charge is 0.490 e. The number of unbranched alkanes of at least 4 members (excludes halogenated alkanes) is 4. The van der Waals surface area contributed by atoms with Crippen molar-refractivity contribution in [2.24, 2.45) is 0 Å². The Morgan fingerprint density at radius 1 is 0.923 bits per heavy atom. The standard InChI is InChI=1S/C22H30N2O2/c1-3-5-7-8-14-25-19-15-23-22(24-16-19)18-12-10-17(11-13-18)21-20(26-21)9-6-4-2/h10-13,15-16,20-21H,3-9,14H2,1-2H3. The van der Waals surface area contributed by atoms with E-state index in [0.29, 0.717) is 6.10 Å². The van der Waals surface area contributed by atoms with E-state index in [1.165, 1.54) is 37.7 Å². The Morgan fingerprint density at radius 2 is 1.65 bits per heavy atom. The van der Waals surface area contributed by atoms with Crippen molar-refractivity contribution in [3.05, 3.63) is 42.2 Å². The van der Waals surface area contributed by atoms with E-state index in [4.69, 9.17) is 9.47 Å². The normalized spacial score (nSPS) is 18.7. The van der Waals surface area contributed by atoms with Crippen LogP contribution in [0.1, 0.15) is 70.5 Å². The van der Waals surface area contributed by atoms with E-state index in [0.717, 1.165) is 36.6 Å². The molecule has 2 unspecified atom stereocenters. The highest BCUT2D eigenvalue weighted by atomic mass is 16.6. The molecule has 0 bridgehead atoms. The Morgan fingerprint density at radius 3 is 2.35 bits per heavy atom. The molecule has 1 aliphatic heterocycles. The number of hydrogen-bond donors (Lipinski definition) is 0. The van der Waals surface area contributed by atoms with Crippen molar-refractivity contribution in [2.75, 3.05) is 6.61 Å². The molecule has 2 aromatic rings. The second-order valence-electron chi connectivity index (χ2n) is 7.01. The van der Waals surface area contributed by atoms with Crippen molar-refractivity contribution >= 4 is 0 Å². The van der Waals surface area contributed by atoms with Gasteiger partial charge in [-0.25, -0.2) is 9.97 Å². The number of aromatic nitrogens is 2. The van der Waals surface area contributed by atoms with Crippen LogP contribution < -0.4 is 4.74 Å². The monoisotopic (exact) mass is 354 g/mol. The fourth-order valence-electron chi connectivity index (χ4n) is 3.14. The Balaban J connectivity index is 1.50. The molecule has 0 radical (unpaired) electrons. The summed E-state index contributed by atoms with van der Waals surface area (Å²) in [5, 5.41) is 0. The van der Waals surface area contributed by atoms with Crippen LogP contribution >= 0.6 is 0 Å². The molecule has 0 spiro atoms. The molecule has 0 N–H and O–H groups in total. The van der Waals surface area contributed by atoms with Crippen molar-refractivity contribution in [2.45, 2.75) is 71.0 Å². The molecule has 1 aliphatic rings. The topological polar surface area (TPSA) is 47.5 Å². The van der Waals surface area contributed by atoms with Gasteiger partial charge in [0.25, 0.3) is 0 Å². The van der Waals surface area contributed by atoms with Crippen LogP contribution in [0, 0.1) is 0 Å². The number of nitrogens with zero attached hydrogens (tertiary/aromatic N) is 2. The molecule has 1 aromatic heterocycles. The van der Waals surface area contributed by atoms with Crippen molar-refractivity contribution in [1.29, 1.82) is 0 Å². The lowest BCUT2D eigenvalue weighted by atomic mass is 10.0. The zero-order chi connectivity index (χ0) is 18.2. The predicted molar refractivity (Wildman–Crippen MR) is 104 cm³/mol. The average Bonchev–Trinajstić information content (AvgIpc) is 3.46. The molecule has 2 atom stereocenters. The summed E-state index contributed by atoms with van der Waals surface area (Å²) >= 11 is 0. The maximum atomic E-state index is 5.78. The van der Waals surface area contributed by atoms with Gasteiger partial charge in [-0.15, -0.1) is 0 Å². The van der Waals surface area contributed by atoms with E-state index in [1.807, 2.05) is 0 Å². The molecule has 1 aromatic carbocycles. The van der Waals surface area contributed by atoms with Crippen molar-refractivity contribution < 1.29 is 9.47 Å². The number of ether oxygens (including phenoxy) is 2. The summed E-state index contributed by atoms with van der Waals surface area (Å²) in [5.41, 5.74) is 2.27. The number of rotatable bonds is 11. The number of benzene rings is 1. The lowest BCUT2D eigenvalue weighted by Crippen LogP contribution is -1.99. The summed E-state index contributed by atoms with van der Waals surface area (Å²) in [6, 6.07) is 8.42. The second kappa shape index (κ2) is 9.67. The van der Waals surface area contributed by atoms with E-state index in [-0.39, 0.29) is 6.10 Å². The van der Waals surface area contributed by atoms with Crippen LogP contribution in [0.4, 0.5) is 0 Å². The summed E-state index contributed by atoms with van der Waals surface area (Å²) in [6.07, 6.45) is 12.6. The summed E-state index contributed by atoms with van der Waals surface area (Å²) in [7, 11) is 0. The molecule has 4 heteroatoms. The van der Waals surface area contributed by atoms with E-state index >= 15 is 0 Å². The molecule has 1 saturated heterocycles. The molecule has 4 nitrogen and oxygen atoms in total. The maximum absolute atomic E-state index is 5.78. The van der Waals surface area contributed by atoms with Gasteiger partial charge in [-0.05, 0) is 18.4 Å². The van der Waals surface area contributed by atoms with Gasteiger partial charge in [0.15, 0.2) is 11.6 Å². The minimum atomic E-state index is 0.278. The van der Waals surface area contributed by atoms with Gasteiger partial charge in [-0.1, -0.05) is 70.2 Å². The summed E-state index contributed by atoms with van der Waals surface area (Å²) in [6.45, 7) is 5.16. The Labute approximate surface area is 157 Å². The van der Waals surface area contributed by atoms with Crippen LogP contribution in [-0.4, -0.2) is 22.7 Å². The molecular weight excluding hydrogens is 324 g/mol. The SMILES string of the molecule is CCCCCCOc1cnc(-c2ccc(C3OC3CCCC)cc2)nc1. The second-order valence-corrected chi connectivity index (χ2v) is 7.01. The van der Waals surface area contributed by atoms with Crippen molar-refractivity contribution in [3.8, 4) is 17.1 Å². The highest BCUT2D eigenvalue weighted by Gasteiger charge is 2.39. The summed E-state index contributed by atoms with van der Waals surface area (Å²) in [5.74, 6) is 1.47. The molecule has 2 heterocycles. The zero-order valence-electron chi connectivity index (χ0n) is 16.0. The van der Waals surface area contributed by atoms with E-state index in [9.17, 15) is 0 Å². The maximum Gasteiger partial charge on any atom is 0.159 e. The average molecular weight is 354 g/mol. The first-order valence-electron chi connectivity index (χ1n) is 10.0. The highest BCUT2D eigenvalue weighted by molar-refractivity contribution is 5.55. The number of epoxide rings is 1. The minimum Gasteiger partial charge on any atom is -0.490 e. The fourth-order valence-corrected chi connectivity index (χ4v) is 3.14. The van der Waals surface area contributed by atoms with Gasteiger partial charge in [0.05, 0.1) is 25.1 Å². The first-order chi connectivity index (χ1) is 12.8. The molecule has 0 amide bonds. The smallest absolute Gasteiger partial charge is 0.159 e. The molecule has 1 fully saturated rings. The third-order valence-electron chi connectivity index (χ3n) is 4.82. The molecule has 0 saturated carbocycles. The van der Waals surface area contributed by atoms with Crippen LogP contribution in [0.5, 0.6) is 5.75 Å². The Kier molecular flexibility index (Phi) is 7.01. The lowest BCUT2D eigenvalue weighted by molar-refractivity contribution is 0.303. The number of hydrogen-bond acceptors (Lipinski definition) is 4. The minimum absolute atomic E-state index is 0.278. The molecule has 3 rings (SSSR count). The van der Waals surface area contributed by atoms with E-state index < -0.39 is 0 Å². The van der Waals surface area contributed by atoms with Gasteiger partial charge >= 0.3 is 0 Å². The summed E-state index contributed by atoms with van der Waals surface area (Å²) < 4.78 is 11.5. The Bertz CT molecular complexity index is 655. The highest BCUT2D eigenvalue weighted by Crippen LogP contribution is 2.41. The first-order valence-corrected chi connectivity index (χ1v) is 10.0. The zero-order valence-corrected chi connectivity index (χ0v) is 16.0. The van der Waals surface area contributed by atoms with Gasteiger partial charge in [0.1, 0.15) is 6.10 Å². The van der Waals surface area contributed by atoms with E-state index in [1.54, 1.807) is 12.4 Å². The van der Waals surface area contributed by atoms with Gasteiger partial charge in [0.2, 0.25) is 0 Å². The van der Waals surface area contributed by atoms with E-state index in [2.05, 4.69) is 48.1 Å². The third-order valence-corrected chi connectivity index (χ3v) is 4.82. The molecule has 0 aliphatic carbocycles. The van der Waals surface area contributed by atoms with Crippen LogP contribution in [0.3, 0.4) is 0 Å². The molecule has 26 heavy (non-hydrogen) atoms. The van der Waals surface area contributed by atoms with Gasteiger partial charge in [-0.2, -0.15) is 0 Å². The molecule has 140 valence electrons. The molecular formula is C22H30N2O2. The first kappa shape index (κ1) is 18.8. The van der Waals surface area contributed by atoms with Crippen LogP contribution in [0.25, 0.3) is 11.4 Å². The predicted octanol–water partition coefficient (Wildman–Crippen LogP) is 5.73. The lowest BCUT2D eigenvalue weighted by Gasteiger charge is -2.06. The Hall–Kier alpha value is -1.94. The van der Waals surface area contributed by atoms with Gasteiger partial charge in [0, 0.05) is 5.56 Å². The van der Waals surface area contributed by atoms with Crippen molar-refractivity contribution in [1.82, 2.24) is 9.97 Å².